The summed E-state index contributed by atoms with van der Waals surface area (Å²) >= 11 is 5.90. The highest BCUT2D eigenvalue weighted by Gasteiger charge is 2.31. The van der Waals surface area contributed by atoms with Gasteiger partial charge >= 0.3 is 5.97 Å². The molecule has 0 N–H and O–H groups in total. The van der Waals surface area contributed by atoms with Gasteiger partial charge in [0.25, 0.3) is 0 Å². The van der Waals surface area contributed by atoms with Crippen molar-refractivity contribution >= 4 is 29.2 Å². The molecule has 0 saturated carbocycles. The molecule has 1 unspecified atom stereocenters. The summed E-state index contributed by atoms with van der Waals surface area (Å²) in [5.41, 5.74) is 1.79. The van der Waals surface area contributed by atoms with E-state index in [1.807, 2.05) is 24.3 Å². The zero-order chi connectivity index (χ0) is 18.5. The van der Waals surface area contributed by atoms with E-state index in [1.54, 1.807) is 11.8 Å². The predicted octanol–water partition coefficient (Wildman–Crippen LogP) is 3.02. The number of esters is 1. The second kappa shape index (κ2) is 8.54. The smallest absolute Gasteiger partial charge is 0.309 e. The van der Waals surface area contributed by atoms with Crippen molar-refractivity contribution in [3.8, 4) is 0 Å². The average Bonchev–Trinajstić information content (AvgIpc) is 3.11. The first kappa shape index (κ1) is 18.7. The van der Waals surface area contributed by atoms with E-state index in [4.69, 9.17) is 21.2 Å². The third-order valence-corrected chi connectivity index (χ3v) is 5.03. The normalized spacial score (nSPS) is 20.5. The molecular formula is C19H23ClN2O4. The molecule has 1 atom stereocenters. The minimum absolute atomic E-state index is 0.0462. The van der Waals surface area contributed by atoms with Crippen LogP contribution in [0.1, 0.15) is 38.2 Å². The van der Waals surface area contributed by atoms with Crippen molar-refractivity contribution in [1.29, 1.82) is 0 Å². The van der Waals surface area contributed by atoms with E-state index in [0.717, 1.165) is 11.3 Å². The number of hydrogen-bond donors (Lipinski definition) is 0. The number of hydrogen-bond acceptors (Lipinski definition) is 5. The van der Waals surface area contributed by atoms with E-state index in [2.05, 4.69) is 5.16 Å². The van der Waals surface area contributed by atoms with E-state index < -0.39 is 0 Å². The van der Waals surface area contributed by atoms with Crippen LogP contribution >= 0.6 is 11.6 Å². The molecule has 0 aliphatic carbocycles. The fraction of sp³-hybridized carbons (Fsp3) is 0.526. The Bertz CT molecular complexity index is 681. The van der Waals surface area contributed by atoms with Gasteiger partial charge < -0.3 is 14.5 Å². The molecule has 1 aromatic rings. The number of piperidine rings is 1. The first-order chi connectivity index (χ1) is 12.6. The van der Waals surface area contributed by atoms with Gasteiger partial charge in [0, 0.05) is 24.5 Å². The van der Waals surface area contributed by atoms with Crippen LogP contribution < -0.4 is 0 Å². The summed E-state index contributed by atoms with van der Waals surface area (Å²) in [4.78, 5) is 31.5. The summed E-state index contributed by atoms with van der Waals surface area (Å²) in [6, 6.07) is 7.42. The average molecular weight is 379 g/mol. The van der Waals surface area contributed by atoms with Crippen LogP contribution in [-0.2, 0) is 19.2 Å². The molecule has 0 spiro atoms. The summed E-state index contributed by atoms with van der Waals surface area (Å²) in [5.74, 6) is -0.203. The second-order valence-electron chi connectivity index (χ2n) is 6.59. The number of carbonyl (C=O) groups is 2. The summed E-state index contributed by atoms with van der Waals surface area (Å²) in [6.07, 6.45) is 1.97. The Labute approximate surface area is 158 Å². The first-order valence-corrected chi connectivity index (χ1v) is 9.37. The van der Waals surface area contributed by atoms with Gasteiger partial charge in [0.2, 0.25) is 5.91 Å². The van der Waals surface area contributed by atoms with Crippen LogP contribution in [0, 0.1) is 5.92 Å². The molecule has 2 aliphatic heterocycles. The lowest BCUT2D eigenvalue weighted by Gasteiger charge is -2.31. The number of benzene rings is 1. The third kappa shape index (κ3) is 4.55. The van der Waals surface area contributed by atoms with Crippen LogP contribution in [0.3, 0.4) is 0 Å². The van der Waals surface area contributed by atoms with Crippen LogP contribution in [0.15, 0.2) is 29.4 Å². The maximum absolute atomic E-state index is 12.5. The number of oxime groups is 1. The highest BCUT2D eigenvalue weighted by Crippen LogP contribution is 2.23. The van der Waals surface area contributed by atoms with Crippen molar-refractivity contribution < 1.29 is 19.2 Å². The van der Waals surface area contributed by atoms with Gasteiger partial charge in [-0.05, 0) is 37.5 Å². The van der Waals surface area contributed by atoms with E-state index in [0.29, 0.717) is 50.4 Å². The molecule has 6 nitrogen and oxygen atoms in total. The van der Waals surface area contributed by atoms with Gasteiger partial charge in [0.15, 0.2) is 0 Å². The quantitative estimate of drug-likeness (QED) is 0.738. The van der Waals surface area contributed by atoms with Gasteiger partial charge in [-0.25, -0.2) is 0 Å². The van der Waals surface area contributed by atoms with Gasteiger partial charge in [0.1, 0.15) is 6.10 Å². The maximum Gasteiger partial charge on any atom is 0.309 e. The van der Waals surface area contributed by atoms with Gasteiger partial charge in [-0.1, -0.05) is 28.9 Å². The standard InChI is InChI=1S/C19H23ClN2O4/c1-2-25-19(24)14-7-9-22(10-8-14)18(23)12-16-11-17(21-26-16)13-3-5-15(20)6-4-13/h3-6,14,16H,2,7-12H2,1H3. The molecule has 26 heavy (non-hydrogen) atoms. The van der Waals surface area contributed by atoms with Crippen LogP contribution in [0.2, 0.25) is 5.02 Å². The fourth-order valence-corrected chi connectivity index (χ4v) is 3.43. The molecular weight excluding hydrogens is 356 g/mol. The Balaban J connectivity index is 1.45. The molecule has 7 heteroatoms. The van der Waals surface area contributed by atoms with E-state index in [1.165, 1.54) is 0 Å². The fourth-order valence-electron chi connectivity index (χ4n) is 3.30. The topological polar surface area (TPSA) is 68.2 Å². The van der Waals surface area contributed by atoms with E-state index in [-0.39, 0.29) is 23.9 Å². The molecule has 1 amide bonds. The zero-order valence-corrected chi connectivity index (χ0v) is 15.6. The molecule has 1 aromatic carbocycles. The minimum Gasteiger partial charge on any atom is -0.466 e. The molecule has 0 aromatic heterocycles. The Hall–Kier alpha value is -2.08. The Kier molecular flexibility index (Phi) is 6.14. The molecule has 1 fully saturated rings. The van der Waals surface area contributed by atoms with Crippen LogP contribution in [0.4, 0.5) is 0 Å². The number of carbonyl (C=O) groups excluding carboxylic acids is 2. The van der Waals surface area contributed by atoms with Gasteiger partial charge in [0.05, 0.1) is 24.7 Å². The minimum atomic E-state index is -0.240. The lowest BCUT2D eigenvalue weighted by molar-refractivity contribution is -0.151. The molecule has 140 valence electrons. The molecule has 2 heterocycles. The summed E-state index contributed by atoms with van der Waals surface area (Å²) in [5, 5.41) is 4.79. The zero-order valence-electron chi connectivity index (χ0n) is 14.8. The lowest BCUT2D eigenvalue weighted by Crippen LogP contribution is -2.41. The number of likely N-dealkylation sites (tertiary alicyclic amines) is 1. The Morgan fingerprint density at radius 2 is 1.96 bits per heavy atom. The molecule has 2 aliphatic rings. The van der Waals surface area contributed by atoms with Crippen molar-refractivity contribution in [2.45, 2.75) is 38.7 Å². The number of ether oxygens (including phenoxy) is 1. The van der Waals surface area contributed by atoms with E-state index in [9.17, 15) is 9.59 Å². The molecule has 3 rings (SSSR count). The van der Waals surface area contributed by atoms with Gasteiger partial charge in [-0.3, -0.25) is 9.59 Å². The summed E-state index contributed by atoms with van der Waals surface area (Å²) < 4.78 is 5.06. The van der Waals surface area contributed by atoms with Gasteiger partial charge in [-0.2, -0.15) is 0 Å². The van der Waals surface area contributed by atoms with Crippen molar-refractivity contribution in [1.82, 2.24) is 4.90 Å². The molecule has 0 bridgehead atoms. The summed E-state index contributed by atoms with van der Waals surface area (Å²) in [7, 11) is 0. The highest BCUT2D eigenvalue weighted by molar-refractivity contribution is 6.30. The van der Waals surface area contributed by atoms with Crippen molar-refractivity contribution in [2.75, 3.05) is 19.7 Å². The monoisotopic (exact) mass is 378 g/mol. The number of rotatable bonds is 5. The van der Waals surface area contributed by atoms with Crippen LogP contribution in [-0.4, -0.2) is 48.3 Å². The summed E-state index contributed by atoms with van der Waals surface area (Å²) in [6.45, 7) is 3.37. The van der Waals surface area contributed by atoms with Crippen LogP contribution in [0.25, 0.3) is 0 Å². The number of amides is 1. The highest BCUT2D eigenvalue weighted by atomic mass is 35.5. The van der Waals surface area contributed by atoms with Crippen molar-refractivity contribution in [2.24, 2.45) is 11.1 Å². The first-order valence-electron chi connectivity index (χ1n) is 9.00. The predicted molar refractivity (Wildman–Crippen MR) is 98.0 cm³/mol. The molecule has 1 saturated heterocycles. The Morgan fingerprint density at radius 3 is 2.62 bits per heavy atom. The second-order valence-corrected chi connectivity index (χ2v) is 7.02. The van der Waals surface area contributed by atoms with E-state index >= 15 is 0 Å². The third-order valence-electron chi connectivity index (χ3n) is 4.78. The molecule has 0 radical (unpaired) electrons. The maximum atomic E-state index is 12.5. The number of nitrogens with zero attached hydrogens (tertiary/aromatic N) is 2. The lowest BCUT2D eigenvalue weighted by atomic mass is 9.96. The SMILES string of the molecule is CCOC(=O)C1CCN(C(=O)CC2CC(c3ccc(Cl)cc3)=NO2)CC1. The van der Waals surface area contributed by atoms with Crippen molar-refractivity contribution in [3.05, 3.63) is 34.9 Å². The number of halogens is 1. The van der Waals surface area contributed by atoms with Gasteiger partial charge in [-0.15, -0.1) is 0 Å². The van der Waals surface area contributed by atoms with Crippen molar-refractivity contribution in [3.63, 3.8) is 0 Å². The Morgan fingerprint density at radius 1 is 1.27 bits per heavy atom. The van der Waals surface area contributed by atoms with Crippen LogP contribution in [0.5, 0.6) is 0 Å². The largest absolute Gasteiger partial charge is 0.466 e.